The van der Waals surface area contributed by atoms with Crippen LogP contribution in [0, 0.1) is 13.8 Å². The lowest BCUT2D eigenvalue weighted by atomic mass is 10.0. The third-order valence-electron chi connectivity index (χ3n) is 5.55. The van der Waals surface area contributed by atoms with Crippen LogP contribution in [0.25, 0.3) is 21.0 Å². The van der Waals surface area contributed by atoms with E-state index in [-0.39, 0.29) is 5.91 Å². The minimum absolute atomic E-state index is 0.0619. The molecule has 5 heteroatoms. The van der Waals surface area contributed by atoms with Gasteiger partial charge >= 0.3 is 0 Å². The molecule has 0 radical (unpaired) electrons. The molecule has 31 heavy (non-hydrogen) atoms. The first-order valence-corrected chi connectivity index (χ1v) is 11.0. The molecule has 0 saturated heterocycles. The molecule has 3 aromatic carbocycles. The zero-order valence-electron chi connectivity index (χ0n) is 17.4. The van der Waals surface area contributed by atoms with E-state index < -0.39 is 0 Å². The van der Waals surface area contributed by atoms with E-state index >= 15 is 0 Å². The minimum Gasteiger partial charge on any atom is -0.279 e. The van der Waals surface area contributed by atoms with Crippen molar-refractivity contribution in [3.8, 4) is 0 Å². The molecule has 0 aliphatic heterocycles. The van der Waals surface area contributed by atoms with Crippen LogP contribution < -0.4 is 4.90 Å². The SMILES string of the molecule is Cc1cc2nc(N(Cc3cccnc3)C(=O)c3cccc4ccccc34)sc2cc1C. The Kier molecular flexibility index (Phi) is 4.96. The molecular formula is C26H21N3OS. The third kappa shape index (κ3) is 3.68. The molecule has 0 unspecified atom stereocenters. The predicted molar refractivity (Wildman–Crippen MR) is 128 cm³/mol. The molecule has 2 heterocycles. The van der Waals surface area contributed by atoms with Gasteiger partial charge in [-0.25, -0.2) is 4.98 Å². The second-order valence-corrected chi connectivity index (χ2v) is 8.69. The lowest BCUT2D eigenvalue weighted by Gasteiger charge is -2.21. The largest absolute Gasteiger partial charge is 0.279 e. The number of aromatic nitrogens is 2. The molecule has 5 aromatic rings. The van der Waals surface area contributed by atoms with Crippen molar-refractivity contribution < 1.29 is 4.79 Å². The third-order valence-corrected chi connectivity index (χ3v) is 6.59. The quantitative estimate of drug-likeness (QED) is 0.340. The summed E-state index contributed by atoms with van der Waals surface area (Å²) in [6.07, 6.45) is 3.54. The van der Waals surface area contributed by atoms with Crippen LogP contribution in [0.3, 0.4) is 0 Å². The number of amides is 1. The Labute approximate surface area is 184 Å². The van der Waals surface area contributed by atoms with E-state index in [1.807, 2.05) is 54.6 Å². The Morgan fingerprint density at radius 3 is 2.61 bits per heavy atom. The Morgan fingerprint density at radius 2 is 1.77 bits per heavy atom. The average Bonchev–Trinajstić information content (AvgIpc) is 3.20. The lowest BCUT2D eigenvalue weighted by molar-refractivity contribution is 0.0986. The summed E-state index contributed by atoms with van der Waals surface area (Å²) in [6, 6.07) is 21.9. The molecule has 5 rings (SSSR count). The monoisotopic (exact) mass is 423 g/mol. The van der Waals surface area contributed by atoms with Gasteiger partial charge in [0.15, 0.2) is 5.13 Å². The van der Waals surface area contributed by atoms with Crippen molar-refractivity contribution in [2.45, 2.75) is 20.4 Å². The summed E-state index contributed by atoms with van der Waals surface area (Å²) in [5.74, 6) is -0.0619. The lowest BCUT2D eigenvalue weighted by Crippen LogP contribution is -2.30. The molecule has 0 saturated carbocycles. The van der Waals surface area contributed by atoms with Gasteiger partial charge < -0.3 is 0 Å². The summed E-state index contributed by atoms with van der Waals surface area (Å²) in [5, 5.41) is 2.69. The number of nitrogens with zero attached hydrogens (tertiary/aromatic N) is 3. The van der Waals surface area contributed by atoms with Gasteiger partial charge in [0.05, 0.1) is 16.8 Å². The number of aryl methyl sites for hydroxylation is 2. The van der Waals surface area contributed by atoms with Gasteiger partial charge in [-0.1, -0.05) is 53.8 Å². The Bertz CT molecular complexity index is 1360. The fraction of sp³-hybridized carbons (Fsp3) is 0.115. The van der Waals surface area contributed by atoms with Gasteiger partial charge in [0.2, 0.25) is 0 Å². The molecule has 0 aliphatic rings. The van der Waals surface area contributed by atoms with E-state index in [4.69, 9.17) is 4.98 Å². The summed E-state index contributed by atoms with van der Waals surface area (Å²) in [4.78, 5) is 24.7. The number of pyridine rings is 1. The molecule has 0 atom stereocenters. The van der Waals surface area contributed by atoms with E-state index in [1.165, 1.54) is 11.1 Å². The molecule has 4 nitrogen and oxygen atoms in total. The highest BCUT2D eigenvalue weighted by Crippen LogP contribution is 2.33. The molecule has 0 fully saturated rings. The fourth-order valence-corrected chi connectivity index (χ4v) is 4.78. The molecule has 0 spiro atoms. The van der Waals surface area contributed by atoms with Crippen LogP contribution >= 0.6 is 11.3 Å². The van der Waals surface area contributed by atoms with E-state index in [0.717, 1.165) is 26.6 Å². The van der Waals surface area contributed by atoms with Gasteiger partial charge in [-0.05, 0) is 65.6 Å². The maximum atomic E-state index is 13.8. The summed E-state index contributed by atoms with van der Waals surface area (Å²) < 4.78 is 1.08. The van der Waals surface area contributed by atoms with E-state index in [1.54, 1.807) is 28.6 Å². The first-order valence-electron chi connectivity index (χ1n) is 10.2. The number of hydrogen-bond donors (Lipinski definition) is 0. The second-order valence-electron chi connectivity index (χ2n) is 7.68. The number of thiazole rings is 1. The topological polar surface area (TPSA) is 46.1 Å². The van der Waals surface area contributed by atoms with Crippen LogP contribution in [-0.4, -0.2) is 15.9 Å². The van der Waals surface area contributed by atoms with Crippen molar-refractivity contribution in [1.82, 2.24) is 9.97 Å². The maximum Gasteiger partial charge on any atom is 0.261 e. The van der Waals surface area contributed by atoms with Crippen molar-refractivity contribution in [2.24, 2.45) is 0 Å². The first-order chi connectivity index (χ1) is 15.1. The van der Waals surface area contributed by atoms with Crippen LogP contribution in [0.15, 0.2) is 79.1 Å². The highest BCUT2D eigenvalue weighted by atomic mass is 32.1. The van der Waals surface area contributed by atoms with Crippen molar-refractivity contribution in [3.05, 3.63) is 101 Å². The normalized spacial score (nSPS) is 11.2. The van der Waals surface area contributed by atoms with E-state index in [2.05, 4.69) is 31.0 Å². The summed E-state index contributed by atoms with van der Waals surface area (Å²) in [5.41, 5.74) is 4.98. The van der Waals surface area contributed by atoms with Gasteiger partial charge in [0, 0.05) is 18.0 Å². The zero-order chi connectivity index (χ0) is 21.4. The number of anilines is 1. The van der Waals surface area contributed by atoms with Crippen molar-refractivity contribution in [1.29, 1.82) is 0 Å². The highest BCUT2D eigenvalue weighted by Gasteiger charge is 2.23. The Balaban J connectivity index is 1.64. The Morgan fingerprint density at radius 1 is 0.968 bits per heavy atom. The molecule has 0 N–H and O–H groups in total. The van der Waals surface area contributed by atoms with Crippen molar-refractivity contribution in [2.75, 3.05) is 4.90 Å². The molecular weight excluding hydrogens is 402 g/mol. The zero-order valence-corrected chi connectivity index (χ0v) is 18.2. The van der Waals surface area contributed by atoms with Crippen molar-refractivity contribution >= 4 is 43.4 Å². The minimum atomic E-state index is -0.0619. The van der Waals surface area contributed by atoms with Crippen LogP contribution in [0.4, 0.5) is 5.13 Å². The first kappa shape index (κ1) is 19.4. The number of carbonyl (C=O) groups is 1. The van der Waals surface area contributed by atoms with Gasteiger partial charge in [-0.15, -0.1) is 0 Å². The highest BCUT2D eigenvalue weighted by molar-refractivity contribution is 7.22. The van der Waals surface area contributed by atoms with Crippen LogP contribution in [0.5, 0.6) is 0 Å². The molecule has 1 amide bonds. The molecule has 2 aromatic heterocycles. The summed E-state index contributed by atoms with van der Waals surface area (Å²) in [7, 11) is 0. The van der Waals surface area contributed by atoms with E-state index in [0.29, 0.717) is 17.2 Å². The van der Waals surface area contributed by atoms with Crippen molar-refractivity contribution in [3.63, 3.8) is 0 Å². The van der Waals surface area contributed by atoms with Crippen LogP contribution in [-0.2, 0) is 6.54 Å². The van der Waals surface area contributed by atoms with Gasteiger partial charge in [0.25, 0.3) is 5.91 Å². The number of benzene rings is 3. The van der Waals surface area contributed by atoms with Gasteiger partial charge in [0.1, 0.15) is 0 Å². The summed E-state index contributed by atoms with van der Waals surface area (Å²) in [6.45, 7) is 4.60. The molecule has 0 bridgehead atoms. The van der Waals surface area contributed by atoms with E-state index in [9.17, 15) is 4.79 Å². The van der Waals surface area contributed by atoms with Gasteiger partial charge in [-0.3, -0.25) is 14.7 Å². The molecule has 0 aliphatic carbocycles. The maximum absolute atomic E-state index is 13.8. The second kappa shape index (κ2) is 7.93. The number of hydrogen-bond acceptors (Lipinski definition) is 4. The molecule has 152 valence electrons. The number of carbonyl (C=O) groups excluding carboxylic acids is 1. The Hall–Kier alpha value is -3.57. The smallest absolute Gasteiger partial charge is 0.261 e. The summed E-state index contributed by atoms with van der Waals surface area (Å²) >= 11 is 1.55. The predicted octanol–water partition coefficient (Wildman–Crippen LogP) is 6.31. The van der Waals surface area contributed by atoms with Crippen LogP contribution in [0.2, 0.25) is 0 Å². The van der Waals surface area contributed by atoms with Gasteiger partial charge in [-0.2, -0.15) is 0 Å². The standard InChI is InChI=1S/C26H21N3OS/c1-17-13-23-24(14-18(17)2)31-26(28-23)29(16-19-7-6-12-27-15-19)25(30)22-11-5-9-20-8-3-4-10-21(20)22/h3-15H,16H2,1-2H3. The van der Waals surface area contributed by atoms with Crippen LogP contribution in [0.1, 0.15) is 27.0 Å². The fourth-order valence-electron chi connectivity index (χ4n) is 3.74. The number of fused-ring (bicyclic) bond motifs is 2. The number of rotatable bonds is 4. The average molecular weight is 424 g/mol.